The van der Waals surface area contributed by atoms with Gasteiger partial charge in [0.2, 0.25) is 0 Å². The highest BCUT2D eigenvalue weighted by molar-refractivity contribution is 6.30. The molecule has 0 atom stereocenters. The molecule has 0 aliphatic heterocycles. The van der Waals surface area contributed by atoms with Crippen molar-refractivity contribution in [3.8, 4) is 11.8 Å². The zero-order valence-electron chi connectivity index (χ0n) is 7.56. The van der Waals surface area contributed by atoms with Crippen LogP contribution in [0.3, 0.4) is 0 Å². The third-order valence-corrected chi connectivity index (χ3v) is 2.10. The molecule has 0 aromatic heterocycles. The fourth-order valence-electron chi connectivity index (χ4n) is 1.02. The van der Waals surface area contributed by atoms with E-state index in [-0.39, 0.29) is 6.61 Å². The highest BCUT2D eigenvalue weighted by atomic mass is 35.5. The first-order valence-corrected chi connectivity index (χ1v) is 5.13. The second-order valence-corrected chi connectivity index (χ2v) is 3.51. The normalized spacial score (nSPS) is 9.36. The maximum Gasteiger partial charge on any atom is 0.0694 e. The zero-order valence-corrected chi connectivity index (χ0v) is 9.07. The van der Waals surface area contributed by atoms with Crippen molar-refractivity contribution in [2.45, 2.75) is 13.0 Å². The van der Waals surface area contributed by atoms with Gasteiger partial charge in [0.25, 0.3) is 0 Å². The molecule has 0 heterocycles. The van der Waals surface area contributed by atoms with Crippen LogP contribution in [0, 0.1) is 11.8 Å². The summed E-state index contributed by atoms with van der Waals surface area (Å²) < 4.78 is 0. The third kappa shape index (κ3) is 3.23. The van der Waals surface area contributed by atoms with Crippen molar-refractivity contribution in [3.63, 3.8) is 0 Å². The lowest BCUT2D eigenvalue weighted by atomic mass is 10.1. The van der Waals surface area contributed by atoms with Crippen LogP contribution in [-0.4, -0.2) is 11.0 Å². The van der Waals surface area contributed by atoms with Gasteiger partial charge in [-0.1, -0.05) is 23.4 Å². The molecule has 14 heavy (non-hydrogen) atoms. The van der Waals surface area contributed by atoms with Gasteiger partial charge in [-0.25, -0.2) is 0 Å². The largest absolute Gasteiger partial charge is 0.392 e. The molecule has 1 aromatic carbocycles. The van der Waals surface area contributed by atoms with Crippen molar-refractivity contribution in [2.24, 2.45) is 0 Å². The Morgan fingerprint density at radius 2 is 2.14 bits per heavy atom. The standard InChI is InChI=1S/C11H10Cl2O/c12-6-2-1-3-9-4-5-11(13)7-10(9)8-14/h4-5,7,14H,2,6,8H2. The maximum absolute atomic E-state index is 9.05. The van der Waals surface area contributed by atoms with Crippen LogP contribution < -0.4 is 0 Å². The quantitative estimate of drug-likeness (QED) is 0.610. The van der Waals surface area contributed by atoms with Crippen LogP contribution in [0.4, 0.5) is 0 Å². The molecule has 0 fully saturated rings. The number of hydrogen-bond acceptors (Lipinski definition) is 1. The van der Waals surface area contributed by atoms with Gasteiger partial charge >= 0.3 is 0 Å². The molecule has 1 N–H and O–H groups in total. The number of aliphatic hydroxyl groups is 1. The second kappa shape index (κ2) is 5.93. The fraction of sp³-hybridized carbons (Fsp3) is 0.273. The number of rotatable bonds is 2. The monoisotopic (exact) mass is 228 g/mol. The van der Waals surface area contributed by atoms with Gasteiger partial charge in [0.1, 0.15) is 0 Å². The Labute approximate surface area is 93.7 Å². The number of halogens is 2. The lowest BCUT2D eigenvalue weighted by Crippen LogP contribution is -1.89. The van der Waals surface area contributed by atoms with Crippen LogP contribution in [-0.2, 0) is 6.61 Å². The van der Waals surface area contributed by atoms with Crippen LogP contribution in [0.2, 0.25) is 5.02 Å². The summed E-state index contributed by atoms with van der Waals surface area (Å²) in [7, 11) is 0. The van der Waals surface area contributed by atoms with Crippen molar-refractivity contribution < 1.29 is 5.11 Å². The van der Waals surface area contributed by atoms with Crippen molar-refractivity contribution in [2.75, 3.05) is 5.88 Å². The fourth-order valence-corrected chi connectivity index (χ4v) is 1.31. The summed E-state index contributed by atoms with van der Waals surface area (Å²) >= 11 is 11.3. The Morgan fingerprint density at radius 1 is 1.36 bits per heavy atom. The molecule has 74 valence electrons. The van der Waals surface area contributed by atoms with Crippen molar-refractivity contribution in [1.29, 1.82) is 0 Å². The van der Waals surface area contributed by atoms with E-state index in [4.69, 9.17) is 28.3 Å². The van der Waals surface area contributed by atoms with E-state index in [1.165, 1.54) is 0 Å². The molecule has 0 amide bonds. The van der Waals surface area contributed by atoms with E-state index >= 15 is 0 Å². The minimum Gasteiger partial charge on any atom is -0.392 e. The summed E-state index contributed by atoms with van der Waals surface area (Å²) in [6.07, 6.45) is 0.648. The zero-order chi connectivity index (χ0) is 10.4. The molecule has 0 saturated heterocycles. The van der Waals surface area contributed by atoms with Crippen LogP contribution in [0.25, 0.3) is 0 Å². The highest BCUT2D eigenvalue weighted by Gasteiger charge is 1.98. The SMILES string of the molecule is OCc1cc(Cl)ccc1C#CCCCl. The average molecular weight is 229 g/mol. The predicted molar refractivity (Wildman–Crippen MR) is 59.6 cm³/mol. The van der Waals surface area contributed by atoms with Crippen molar-refractivity contribution >= 4 is 23.2 Å². The molecule has 0 saturated carbocycles. The first kappa shape index (κ1) is 11.4. The molecule has 1 rings (SSSR count). The van der Waals surface area contributed by atoms with Gasteiger partial charge in [-0.2, -0.15) is 0 Å². The van der Waals surface area contributed by atoms with Gasteiger partial charge in [-0.05, 0) is 23.8 Å². The van der Waals surface area contributed by atoms with E-state index in [0.29, 0.717) is 17.3 Å². The van der Waals surface area contributed by atoms with Gasteiger partial charge in [0, 0.05) is 22.9 Å². The van der Waals surface area contributed by atoms with Crippen LogP contribution in [0.15, 0.2) is 18.2 Å². The molecule has 0 unspecified atom stereocenters. The minimum absolute atomic E-state index is 0.0502. The maximum atomic E-state index is 9.05. The van der Waals surface area contributed by atoms with Gasteiger partial charge in [0.05, 0.1) is 6.61 Å². The third-order valence-electron chi connectivity index (χ3n) is 1.68. The van der Waals surface area contributed by atoms with E-state index in [2.05, 4.69) is 11.8 Å². The summed E-state index contributed by atoms with van der Waals surface area (Å²) in [4.78, 5) is 0. The minimum atomic E-state index is -0.0502. The summed E-state index contributed by atoms with van der Waals surface area (Å²) in [5.41, 5.74) is 1.56. The number of alkyl halides is 1. The van der Waals surface area contributed by atoms with Crippen LogP contribution >= 0.6 is 23.2 Å². The van der Waals surface area contributed by atoms with Gasteiger partial charge in [-0.3, -0.25) is 0 Å². The second-order valence-electron chi connectivity index (χ2n) is 2.70. The molecule has 1 aromatic rings. The van der Waals surface area contributed by atoms with Crippen LogP contribution in [0.1, 0.15) is 17.5 Å². The molecule has 0 aliphatic carbocycles. The lowest BCUT2D eigenvalue weighted by molar-refractivity contribution is 0.281. The molecule has 0 radical (unpaired) electrons. The summed E-state index contributed by atoms with van der Waals surface area (Å²) in [6.45, 7) is -0.0502. The number of aliphatic hydroxyl groups excluding tert-OH is 1. The highest BCUT2D eigenvalue weighted by Crippen LogP contribution is 2.15. The van der Waals surface area contributed by atoms with E-state index in [9.17, 15) is 0 Å². The first-order valence-electron chi connectivity index (χ1n) is 4.22. The molecule has 0 aliphatic rings. The molecule has 3 heteroatoms. The summed E-state index contributed by atoms with van der Waals surface area (Å²) in [5.74, 6) is 6.37. The Bertz CT molecular complexity index is 363. The van der Waals surface area contributed by atoms with Gasteiger partial charge < -0.3 is 5.11 Å². The van der Waals surface area contributed by atoms with Crippen molar-refractivity contribution in [3.05, 3.63) is 34.3 Å². The van der Waals surface area contributed by atoms with E-state index in [1.54, 1.807) is 18.2 Å². The molecule has 0 spiro atoms. The Balaban J connectivity index is 2.92. The van der Waals surface area contributed by atoms with Crippen molar-refractivity contribution in [1.82, 2.24) is 0 Å². The molecular formula is C11H10Cl2O. The van der Waals surface area contributed by atoms with E-state index in [0.717, 1.165) is 11.1 Å². The number of benzene rings is 1. The average Bonchev–Trinajstić information content (AvgIpc) is 2.20. The molecular weight excluding hydrogens is 219 g/mol. The molecule has 1 nitrogen and oxygen atoms in total. The topological polar surface area (TPSA) is 20.2 Å². The smallest absolute Gasteiger partial charge is 0.0694 e. The predicted octanol–water partition coefficient (Wildman–Crippen LogP) is 2.81. The Kier molecular flexibility index (Phi) is 4.82. The summed E-state index contributed by atoms with van der Waals surface area (Å²) in [6, 6.07) is 5.27. The number of hydrogen-bond donors (Lipinski definition) is 1. The molecule has 0 bridgehead atoms. The first-order chi connectivity index (χ1) is 6.77. The Morgan fingerprint density at radius 3 is 2.79 bits per heavy atom. The summed E-state index contributed by atoms with van der Waals surface area (Å²) in [5, 5.41) is 9.66. The van der Waals surface area contributed by atoms with Crippen LogP contribution in [0.5, 0.6) is 0 Å². The van der Waals surface area contributed by atoms with Gasteiger partial charge in [0.15, 0.2) is 0 Å². The lowest BCUT2D eigenvalue weighted by Gasteiger charge is -2.00. The van der Waals surface area contributed by atoms with Gasteiger partial charge in [-0.15, -0.1) is 11.6 Å². The van der Waals surface area contributed by atoms with E-state index < -0.39 is 0 Å². The van der Waals surface area contributed by atoms with E-state index in [1.807, 2.05) is 0 Å². The Hall–Kier alpha value is -0.680.